The van der Waals surface area contributed by atoms with Crippen LogP contribution in [0.5, 0.6) is 0 Å². The van der Waals surface area contributed by atoms with Crippen LogP contribution in [0.2, 0.25) is 0 Å². The molecule has 2 rings (SSSR count). The van der Waals surface area contributed by atoms with Gasteiger partial charge in [-0.2, -0.15) is 0 Å². The van der Waals surface area contributed by atoms with Crippen LogP contribution in [-0.4, -0.2) is 5.11 Å². The molecular weight excluding hydrogens is 258 g/mol. The summed E-state index contributed by atoms with van der Waals surface area (Å²) in [6.07, 6.45) is 0.739. The van der Waals surface area contributed by atoms with E-state index in [0.717, 1.165) is 12.0 Å². The molecule has 0 aliphatic heterocycles. The Morgan fingerprint density at radius 2 is 1.30 bits per heavy atom. The molecule has 106 valence electrons. The molecule has 2 atom stereocenters. The molecule has 2 aromatic rings. The van der Waals surface area contributed by atoms with E-state index >= 15 is 0 Å². The highest BCUT2D eigenvalue weighted by atomic mass is 19.1. The molecular formula is C17H18F2O. The minimum Gasteiger partial charge on any atom is -0.388 e. The number of aliphatic hydroxyl groups is 1. The Kier molecular flexibility index (Phi) is 4.85. The van der Waals surface area contributed by atoms with Crippen molar-refractivity contribution < 1.29 is 13.9 Å². The second-order valence-corrected chi connectivity index (χ2v) is 4.96. The predicted octanol–water partition coefficient (Wildman–Crippen LogP) is 4.58. The number of rotatable bonds is 5. The van der Waals surface area contributed by atoms with Crippen molar-refractivity contribution in [1.82, 2.24) is 0 Å². The fraction of sp³-hybridized carbons (Fsp3) is 0.294. The second-order valence-electron chi connectivity index (χ2n) is 4.96. The first-order chi connectivity index (χ1) is 9.60. The Hall–Kier alpha value is -1.74. The minimum atomic E-state index is -0.648. The molecule has 0 bridgehead atoms. The molecule has 0 amide bonds. The SMILES string of the molecule is CC[C@@H](C[C@H](O)c1ccc(F)cc1)c1ccc(F)cc1. The molecule has 0 aliphatic carbocycles. The highest BCUT2D eigenvalue weighted by Gasteiger charge is 2.16. The highest BCUT2D eigenvalue weighted by molar-refractivity contribution is 5.23. The van der Waals surface area contributed by atoms with Crippen LogP contribution in [0.1, 0.15) is 42.9 Å². The van der Waals surface area contributed by atoms with Crippen LogP contribution < -0.4 is 0 Å². The van der Waals surface area contributed by atoms with E-state index in [1.807, 2.05) is 6.92 Å². The van der Waals surface area contributed by atoms with Crippen molar-refractivity contribution in [1.29, 1.82) is 0 Å². The molecule has 0 fully saturated rings. The average Bonchev–Trinajstić information content (AvgIpc) is 2.46. The second kappa shape index (κ2) is 6.62. The molecule has 20 heavy (non-hydrogen) atoms. The quantitative estimate of drug-likeness (QED) is 0.847. The van der Waals surface area contributed by atoms with Gasteiger partial charge in [-0.1, -0.05) is 31.2 Å². The summed E-state index contributed by atoms with van der Waals surface area (Å²) in [5.41, 5.74) is 1.71. The topological polar surface area (TPSA) is 20.2 Å². The van der Waals surface area contributed by atoms with Crippen LogP contribution in [0.4, 0.5) is 8.78 Å². The summed E-state index contributed by atoms with van der Waals surface area (Å²) >= 11 is 0. The molecule has 1 nitrogen and oxygen atoms in total. The van der Waals surface area contributed by atoms with Gasteiger partial charge in [-0.05, 0) is 54.2 Å². The van der Waals surface area contributed by atoms with Gasteiger partial charge < -0.3 is 5.11 Å². The Labute approximate surface area is 117 Å². The van der Waals surface area contributed by atoms with E-state index in [1.54, 1.807) is 24.3 Å². The fourth-order valence-electron chi connectivity index (χ4n) is 2.36. The number of benzene rings is 2. The third kappa shape index (κ3) is 3.64. The van der Waals surface area contributed by atoms with Gasteiger partial charge >= 0.3 is 0 Å². The van der Waals surface area contributed by atoms with Crippen molar-refractivity contribution in [3.63, 3.8) is 0 Å². The third-order valence-electron chi connectivity index (χ3n) is 3.60. The van der Waals surface area contributed by atoms with Crippen molar-refractivity contribution in [3.05, 3.63) is 71.3 Å². The lowest BCUT2D eigenvalue weighted by molar-refractivity contribution is 0.156. The van der Waals surface area contributed by atoms with Gasteiger partial charge in [0, 0.05) is 0 Å². The molecule has 0 spiro atoms. The largest absolute Gasteiger partial charge is 0.388 e. The zero-order chi connectivity index (χ0) is 14.5. The van der Waals surface area contributed by atoms with Crippen molar-refractivity contribution in [2.24, 2.45) is 0 Å². The molecule has 0 saturated heterocycles. The highest BCUT2D eigenvalue weighted by Crippen LogP contribution is 2.30. The zero-order valence-corrected chi connectivity index (χ0v) is 11.4. The van der Waals surface area contributed by atoms with Crippen molar-refractivity contribution in [3.8, 4) is 0 Å². The van der Waals surface area contributed by atoms with Crippen LogP contribution in [0.3, 0.4) is 0 Å². The Bertz CT molecular complexity index is 534. The smallest absolute Gasteiger partial charge is 0.123 e. The van der Waals surface area contributed by atoms with Gasteiger partial charge in [-0.15, -0.1) is 0 Å². The molecule has 0 aliphatic rings. The van der Waals surface area contributed by atoms with E-state index in [-0.39, 0.29) is 17.6 Å². The number of hydrogen-bond acceptors (Lipinski definition) is 1. The maximum atomic E-state index is 12.9. The van der Waals surface area contributed by atoms with Gasteiger partial charge in [0.15, 0.2) is 0 Å². The molecule has 0 unspecified atom stereocenters. The summed E-state index contributed by atoms with van der Waals surface area (Å²) in [4.78, 5) is 0. The number of halogens is 2. The molecule has 0 radical (unpaired) electrons. The van der Waals surface area contributed by atoms with E-state index in [4.69, 9.17) is 0 Å². The van der Waals surface area contributed by atoms with Gasteiger partial charge in [0.2, 0.25) is 0 Å². The predicted molar refractivity (Wildman–Crippen MR) is 75.4 cm³/mol. The Balaban J connectivity index is 2.09. The lowest BCUT2D eigenvalue weighted by Gasteiger charge is -2.19. The van der Waals surface area contributed by atoms with E-state index < -0.39 is 6.10 Å². The summed E-state index contributed by atoms with van der Waals surface area (Å²) in [5, 5.41) is 10.2. The molecule has 0 heterocycles. The molecule has 0 aromatic heterocycles. The Morgan fingerprint density at radius 1 is 0.850 bits per heavy atom. The first kappa shape index (κ1) is 14.7. The van der Waals surface area contributed by atoms with E-state index in [9.17, 15) is 13.9 Å². The summed E-state index contributed by atoms with van der Waals surface area (Å²) in [5.74, 6) is -0.426. The lowest BCUT2D eigenvalue weighted by atomic mass is 9.89. The molecule has 2 aromatic carbocycles. The standard InChI is InChI=1S/C17H18F2O/c1-2-12(13-3-7-15(18)8-4-13)11-17(20)14-5-9-16(19)10-6-14/h3-10,12,17,20H,2,11H2,1H3/t12-,17-/m0/s1. The molecule has 3 heteroatoms. The van der Waals surface area contributed by atoms with Crippen LogP contribution >= 0.6 is 0 Å². The van der Waals surface area contributed by atoms with Gasteiger partial charge in [-0.3, -0.25) is 0 Å². The first-order valence-corrected chi connectivity index (χ1v) is 6.79. The first-order valence-electron chi connectivity index (χ1n) is 6.79. The molecule has 0 saturated carbocycles. The monoisotopic (exact) mass is 276 g/mol. The summed E-state index contributed by atoms with van der Waals surface area (Å²) < 4.78 is 25.8. The van der Waals surface area contributed by atoms with E-state index in [1.165, 1.54) is 24.3 Å². The summed E-state index contributed by atoms with van der Waals surface area (Å²) in [7, 11) is 0. The average molecular weight is 276 g/mol. The van der Waals surface area contributed by atoms with Crippen molar-refractivity contribution in [2.45, 2.75) is 31.8 Å². The van der Waals surface area contributed by atoms with Gasteiger partial charge in [0.1, 0.15) is 11.6 Å². The third-order valence-corrected chi connectivity index (χ3v) is 3.60. The van der Waals surface area contributed by atoms with Gasteiger partial charge in [-0.25, -0.2) is 8.78 Å². The van der Waals surface area contributed by atoms with Gasteiger partial charge in [0.05, 0.1) is 6.10 Å². The number of hydrogen-bond donors (Lipinski definition) is 1. The Morgan fingerprint density at radius 3 is 1.75 bits per heavy atom. The van der Waals surface area contributed by atoms with Crippen molar-refractivity contribution in [2.75, 3.05) is 0 Å². The summed E-state index contributed by atoms with van der Waals surface area (Å²) in [6.45, 7) is 2.03. The maximum Gasteiger partial charge on any atom is 0.123 e. The van der Waals surface area contributed by atoms with Crippen LogP contribution in [0.15, 0.2) is 48.5 Å². The maximum absolute atomic E-state index is 12.9. The van der Waals surface area contributed by atoms with Gasteiger partial charge in [0.25, 0.3) is 0 Å². The van der Waals surface area contributed by atoms with Crippen LogP contribution in [0.25, 0.3) is 0 Å². The number of aliphatic hydroxyl groups excluding tert-OH is 1. The fourth-order valence-corrected chi connectivity index (χ4v) is 2.36. The zero-order valence-electron chi connectivity index (χ0n) is 11.4. The minimum absolute atomic E-state index is 0.149. The molecule has 1 N–H and O–H groups in total. The van der Waals surface area contributed by atoms with Crippen molar-refractivity contribution >= 4 is 0 Å². The lowest BCUT2D eigenvalue weighted by Crippen LogP contribution is -2.06. The normalized spacial score (nSPS) is 14.0. The van der Waals surface area contributed by atoms with E-state index in [2.05, 4.69) is 0 Å². The van der Waals surface area contributed by atoms with Crippen LogP contribution in [-0.2, 0) is 0 Å². The van der Waals surface area contributed by atoms with E-state index in [0.29, 0.717) is 12.0 Å². The van der Waals surface area contributed by atoms with Crippen LogP contribution in [0, 0.1) is 11.6 Å². The summed E-state index contributed by atoms with van der Waals surface area (Å²) in [6, 6.07) is 12.2.